The van der Waals surface area contributed by atoms with Crippen LogP contribution in [-0.4, -0.2) is 42.8 Å². The van der Waals surface area contributed by atoms with E-state index in [1.54, 1.807) is 19.1 Å². The molecule has 1 aromatic carbocycles. The minimum Gasteiger partial charge on any atom is -0.481 e. The number of rotatable bonds is 6. The van der Waals surface area contributed by atoms with Crippen molar-refractivity contribution in [1.82, 2.24) is 5.32 Å². The van der Waals surface area contributed by atoms with E-state index in [-0.39, 0.29) is 12.5 Å². The van der Waals surface area contributed by atoms with Crippen LogP contribution in [0.25, 0.3) is 0 Å². The highest BCUT2D eigenvalue weighted by atomic mass is 16.5. The van der Waals surface area contributed by atoms with Gasteiger partial charge in [-0.05, 0) is 38.8 Å². The van der Waals surface area contributed by atoms with E-state index in [0.717, 1.165) is 5.56 Å². The second kappa shape index (κ2) is 7.46. The molecule has 126 valence electrons. The summed E-state index contributed by atoms with van der Waals surface area (Å²) in [4.78, 5) is 23.7. The predicted octanol–water partition coefficient (Wildman–Crippen LogP) is 1.76. The van der Waals surface area contributed by atoms with Gasteiger partial charge >= 0.3 is 5.97 Å². The number of carboxylic acids is 1. The number of ether oxygens (including phenoxy) is 2. The molecule has 2 rings (SSSR count). The van der Waals surface area contributed by atoms with E-state index in [1.165, 1.54) is 0 Å². The summed E-state index contributed by atoms with van der Waals surface area (Å²) in [6.45, 7) is 4.51. The summed E-state index contributed by atoms with van der Waals surface area (Å²) < 4.78 is 10.8. The lowest BCUT2D eigenvalue weighted by Gasteiger charge is -2.33. The molecule has 1 heterocycles. The lowest BCUT2D eigenvalue weighted by molar-refractivity contribution is -0.155. The minimum absolute atomic E-state index is 0.0894. The van der Waals surface area contributed by atoms with Crippen LogP contribution in [0.5, 0.6) is 5.75 Å². The molecule has 1 saturated heterocycles. The summed E-state index contributed by atoms with van der Waals surface area (Å²) in [7, 11) is 0. The van der Waals surface area contributed by atoms with Gasteiger partial charge in [0, 0.05) is 19.8 Å². The maximum absolute atomic E-state index is 12.2. The highest BCUT2D eigenvalue weighted by Crippen LogP contribution is 2.30. The first-order valence-corrected chi connectivity index (χ1v) is 7.75. The first-order chi connectivity index (χ1) is 10.9. The van der Waals surface area contributed by atoms with Gasteiger partial charge in [0.05, 0.1) is 5.41 Å². The third kappa shape index (κ3) is 4.45. The summed E-state index contributed by atoms with van der Waals surface area (Å²) in [5.41, 5.74) is 0.162. The van der Waals surface area contributed by atoms with E-state index in [1.807, 2.05) is 19.1 Å². The topological polar surface area (TPSA) is 84.9 Å². The average Bonchev–Trinajstić information content (AvgIpc) is 2.55. The number of carboxylic acid groups (broad SMARTS) is 1. The van der Waals surface area contributed by atoms with Crippen molar-refractivity contribution < 1.29 is 24.2 Å². The van der Waals surface area contributed by atoms with Crippen LogP contribution in [0.15, 0.2) is 24.3 Å². The van der Waals surface area contributed by atoms with Crippen LogP contribution in [-0.2, 0) is 14.3 Å². The van der Waals surface area contributed by atoms with Gasteiger partial charge in [-0.1, -0.05) is 17.7 Å². The number of hydrogen-bond donors (Lipinski definition) is 2. The molecule has 2 N–H and O–H groups in total. The van der Waals surface area contributed by atoms with Gasteiger partial charge in [0.25, 0.3) is 5.91 Å². The molecule has 0 saturated carbocycles. The Morgan fingerprint density at radius 3 is 2.48 bits per heavy atom. The normalized spacial score (nSPS) is 18.0. The van der Waals surface area contributed by atoms with Crippen LogP contribution in [0.4, 0.5) is 0 Å². The predicted molar refractivity (Wildman–Crippen MR) is 84.4 cm³/mol. The maximum atomic E-state index is 12.2. The van der Waals surface area contributed by atoms with Gasteiger partial charge in [-0.2, -0.15) is 0 Å². The van der Waals surface area contributed by atoms with Gasteiger partial charge in [0.1, 0.15) is 5.75 Å². The van der Waals surface area contributed by atoms with Crippen LogP contribution >= 0.6 is 0 Å². The number of amides is 1. The number of carbonyl (C=O) groups excluding carboxylic acids is 1. The zero-order chi connectivity index (χ0) is 16.9. The standard InChI is InChI=1S/C17H23NO5/c1-12-3-5-14(6-4-12)23-13(2)15(19)18-11-17(16(20)21)7-9-22-10-8-17/h3-6,13H,7-11H2,1-2H3,(H,18,19)(H,20,21). The van der Waals surface area contributed by atoms with E-state index < -0.39 is 17.5 Å². The Balaban J connectivity index is 1.89. The van der Waals surface area contributed by atoms with Gasteiger partial charge in [0.2, 0.25) is 0 Å². The Hall–Kier alpha value is -2.08. The van der Waals surface area contributed by atoms with Crippen molar-refractivity contribution in [3.05, 3.63) is 29.8 Å². The van der Waals surface area contributed by atoms with E-state index in [2.05, 4.69) is 5.32 Å². The third-order valence-electron chi connectivity index (χ3n) is 4.21. The Morgan fingerprint density at radius 1 is 1.30 bits per heavy atom. The molecule has 1 fully saturated rings. The first-order valence-electron chi connectivity index (χ1n) is 7.75. The van der Waals surface area contributed by atoms with Crippen molar-refractivity contribution in [3.63, 3.8) is 0 Å². The van der Waals surface area contributed by atoms with E-state index in [9.17, 15) is 14.7 Å². The summed E-state index contributed by atoms with van der Waals surface area (Å²) in [6, 6.07) is 7.41. The molecule has 1 amide bonds. The molecule has 0 aliphatic carbocycles. The number of aliphatic carboxylic acids is 1. The smallest absolute Gasteiger partial charge is 0.311 e. The third-order valence-corrected chi connectivity index (χ3v) is 4.21. The quantitative estimate of drug-likeness (QED) is 0.834. The molecule has 6 heteroatoms. The number of carbonyl (C=O) groups is 2. The lowest BCUT2D eigenvalue weighted by atomic mass is 9.80. The maximum Gasteiger partial charge on any atom is 0.311 e. The number of hydrogen-bond acceptors (Lipinski definition) is 4. The lowest BCUT2D eigenvalue weighted by Crippen LogP contribution is -2.48. The summed E-state index contributed by atoms with van der Waals surface area (Å²) in [5, 5.41) is 12.2. The highest BCUT2D eigenvalue weighted by Gasteiger charge is 2.40. The largest absolute Gasteiger partial charge is 0.481 e. The Morgan fingerprint density at radius 2 is 1.91 bits per heavy atom. The molecule has 1 atom stereocenters. The molecule has 0 aromatic heterocycles. The van der Waals surface area contributed by atoms with Crippen molar-refractivity contribution in [2.24, 2.45) is 5.41 Å². The van der Waals surface area contributed by atoms with Gasteiger partial charge in [0.15, 0.2) is 6.10 Å². The van der Waals surface area contributed by atoms with Crippen LogP contribution in [0, 0.1) is 12.3 Å². The number of aryl methyl sites for hydroxylation is 1. The highest BCUT2D eigenvalue weighted by molar-refractivity contribution is 5.82. The van der Waals surface area contributed by atoms with Gasteiger partial charge in [-0.25, -0.2) is 0 Å². The van der Waals surface area contributed by atoms with Crippen LogP contribution in [0.2, 0.25) is 0 Å². The fourth-order valence-corrected chi connectivity index (χ4v) is 2.50. The fourth-order valence-electron chi connectivity index (χ4n) is 2.50. The van der Waals surface area contributed by atoms with E-state index in [0.29, 0.717) is 31.8 Å². The summed E-state index contributed by atoms with van der Waals surface area (Å²) in [5.74, 6) is -0.608. The first kappa shape index (κ1) is 17.3. The SMILES string of the molecule is Cc1ccc(OC(C)C(=O)NCC2(C(=O)O)CCOCC2)cc1. The molecule has 6 nitrogen and oxygen atoms in total. The van der Waals surface area contributed by atoms with Crippen molar-refractivity contribution in [2.75, 3.05) is 19.8 Å². The van der Waals surface area contributed by atoms with Gasteiger partial charge in [-0.15, -0.1) is 0 Å². The molecule has 0 spiro atoms. The average molecular weight is 321 g/mol. The molecule has 1 aromatic rings. The molecule has 1 aliphatic rings. The molecular formula is C17H23NO5. The second-order valence-electron chi connectivity index (χ2n) is 5.99. The van der Waals surface area contributed by atoms with Gasteiger partial charge in [-0.3, -0.25) is 9.59 Å². The van der Waals surface area contributed by atoms with Crippen LogP contribution < -0.4 is 10.1 Å². The zero-order valence-electron chi connectivity index (χ0n) is 13.5. The van der Waals surface area contributed by atoms with Crippen LogP contribution in [0.1, 0.15) is 25.3 Å². The molecule has 0 bridgehead atoms. The monoisotopic (exact) mass is 321 g/mol. The Labute approximate surface area is 135 Å². The molecule has 1 unspecified atom stereocenters. The molecular weight excluding hydrogens is 298 g/mol. The van der Waals surface area contributed by atoms with E-state index >= 15 is 0 Å². The second-order valence-corrected chi connectivity index (χ2v) is 5.99. The van der Waals surface area contributed by atoms with Crippen molar-refractivity contribution in [3.8, 4) is 5.75 Å². The summed E-state index contributed by atoms with van der Waals surface area (Å²) in [6.07, 6.45) is 0.106. The van der Waals surface area contributed by atoms with Crippen molar-refractivity contribution in [2.45, 2.75) is 32.8 Å². The number of benzene rings is 1. The fraction of sp³-hybridized carbons (Fsp3) is 0.529. The zero-order valence-corrected chi connectivity index (χ0v) is 13.5. The summed E-state index contributed by atoms with van der Waals surface area (Å²) >= 11 is 0. The Bertz CT molecular complexity index is 549. The number of nitrogens with one attached hydrogen (secondary N) is 1. The Kier molecular flexibility index (Phi) is 5.60. The minimum atomic E-state index is -0.947. The van der Waals surface area contributed by atoms with Crippen molar-refractivity contribution in [1.29, 1.82) is 0 Å². The molecule has 23 heavy (non-hydrogen) atoms. The van der Waals surface area contributed by atoms with Gasteiger partial charge < -0.3 is 19.9 Å². The molecule has 0 radical (unpaired) electrons. The van der Waals surface area contributed by atoms with Crippen LogP contribution in [0.3, 0.4) is 0 Å². The van der Waals surface area contributed by atoms with Crippen molar-refractivity contribution >= 4 is 11.9 Å². The van der Waals surface area contributed by atoms with E-state index in [4.69, 9.17) is 9.47 Å². The molecule has 1 aliphatic heterocycles.